The molecule has 1 fully saturated rings. The quantitative estimate of drug-likeness (QED) is 0.348. The van der Waals surface area contributed by atoms with Crippen LogP contribution in [0.4, 0.5) is 0 Å². The van der Waals surface area contributed by atoms with Crippen LogP contribution in [0, 0.1) is 0 Å². The highest BCUT2D eigenvalue weighted by atomic mass is 127. The van der Waals surface area contributed by atoms with Gasteiger partial charge < -0.3 is 15.5 Å². The van der Waals surface area contributed by atoms with Crippen molar-refractivity contribution in [2.45, 2.75) is 50.9 Å². The number of nitrogens with zero attached hydrogens (tertiary/aromatic N) is 2. The fraction of sp³-hybridized carbons (Fsp3) is 0.684. The maximum Gasteiger partial charge on any atom is 0.243 e. The minimum Gasteiger partial charge on any atom is -0.356 e. The number of hydrogen-bond donors (Lipinski definition) is 2. The zero-order valence-corrected chi connectivity index (χ0v) is 19.4. The van der Waals surface area contributed by atoms with E-state index >= 15 is 0 Å². The van der Waals surface area contributed by atoms with Crippen LogP contribution in [-0.2, 0) is 10.2 Å². The van der Waals surface area contributed by atoms with Crippen LogP contribution < -0.4 is 10.6 Å². The van der Waals surface area contributed by atoms with E-state index in [-0.39, 0.29) is 41.8 Å². The molecule has 1 aliphatic carbocycles. The summed E-state index contributed by atoms with van der Waals surface area (Å²) < 4.78 is 0. The first-order valence-electron chi connectivity index (χ1n) is 9.34. The van der Waals surface area contributed by atoms with Crippen LogP contribution in [0.3, 0.4) is 0 Å². The Labute approximate surface area is 179 Å². The molecule has 0 unspecified atom stereocenters. The van der Waals surface area contributed by atoms with Crippen LogP contribution >= 0.6 is 35.3 Å². The van der Waals surface area contributed by atoms with E-state index < -0.39 is 0 Å². The molecule has 0 aromatic carbocycles. The van der Waals surface area contributed by atoms with Crippen molar-refractivity contribution in [2.24, 2.45) is 4.99 Å². The van der Waals surface area contributed by atoms with Crippen molar-refractivity contribution in [2.75, 3.05) is 33.7 Å². The minimum atomic E-state index is 0. The van der Waals surface area contributed by atoms with Gasteiger partial charge in [0.1, 0.15) is 6.54 Å². The number of nitrogens with one attached hydrogen (secondary N) is 2. The van der Waals surface area contributed by atoms with Gasteiger partial charge in [0.25, 0.3) is 0 Å². The van der Waals surface area contributed by atoms with Crippen molar-refractivity contribution >= 4 is 47.2 Å². The Kier molecular flexibility index (Phi) is 10.5. The summed E-state index contributed by atoms with van der Waals surface area (Å²) in [6.07, 6.45) is 7.37. The normalized spacial score (nSPS) is 16.5. The predicted molar refractivity (Wildman–Crippen MR) is 122 cm³/mol. The summed E-state index contributed by atoms with van der Waals surface area (Å²) in [5, 5.41) is 9.03. The molecule has 0 spiro atoms. The SMILES string of the molecule is CCCNC(=NCC(=O)N(C)C)NCC1(c2cccs2)CCCCC1.I. The molecule has 0 bridgehead atoms. The Balaban J connectivity index is 0.00000338. The van der Waals surface area contributed by atoms with Gasteiger partial charge in [-0.2, -0.15) is 0 Å². The van der Waals surface area contributed by atoms with Crippen molar-refractivity contribution in [3.05, 3.63) is 22.4 Å². The van der Waals surface area contributed by atoms with E-state index in [1.54, 1.807) is 19.0 Å². The number of carbonyl (C=O) groups excluding carboxylic acids is 1. The van der Waals surface area contributed by atoms with Crippen LogP contribution in [0.5, 0.6) is 0 Å². The number of thiophene rings is 1. The van der Waals surface area contributed by atoms with E-state index in [0.29, 0.717) is 0 Å². The average Bonchev–Trinajstić information content (AvgIpc) is 3.17. The molecule has 26 heavy (non-hydrogen) atoms. The summed E-state index contributed by atoms with van der Waals surface area (Å²) >= 11 is 1.86. The van der Waals surface area contributed by atoms with E-state index in [0.717, 1.165) is 25.5 Å². The summed E-state index contributed by atoms with van der Waals surface area (Å²) in [6, 6.07) is 4.42. The number of halogens is 1. The number of amides is 1. The third-order valence-corrected chi connectivity index (χ3v) is 5.98. The first kappa shape index (κ1) is 23.2. The molecule has 1 aromatic heterocycles. The molecular formula is C19H33IN4OS. The van der Waals surface area contributed by atoms with Gasteiger partial charge in [-0.1, -0.05) is 32.3 Å². The topological polar surface area (TPSA) is 56.7 Å². The van der Waals surface area contributed by atoms with Gasteiger partial charge in [0.15, 0.2) is 5.96 Å². The minimum absolute atomic E-state index is 0. The Bertz CT molecular complexity index is 554. The first-order chi connectivity index (χ1) is 12.1. The Morgan fingerprint density at radius 1 is 1.27 bits per heavy atom. The molecule has 0 saturated heterocycles. The summed E-state index contributed by atoms with van der Waals surface area (Å²) in [6.45, 7) is 4.04. The van der Waals surface area contributed by atoms with E-state index in [1.807, 2.05) is 11.3 Å². The molecular weight excluding hydrogens is 459 g/mol. The van der Waals surface area contributed by atoms with Crippen molar-refractivity contribution in [3.8, 4) is 0 Å². The average molecular weight is 492 g/mol. The summed E-state index contributed by atoms with van der Waals surface area (Å²) in [7, 11) is 3.52. The Morgan fingerprint density at radius 2 is 2.00 bits per heavy atom. The second-order valence-corrected chi connectivity index (χ2v) is 8.00. The Morgan fingerprint density at radius 3 is 2.58 bits per heavy atom. The maximum absolute atomic E-state index is 11.8. The van der Waals surface area contributed by atoms with Crippen LogP contribution in [0.1, 0.15) is 50.3 Å². The van der Waals surface area contributed by atoms with Gasteiger partial charge in [-0.3, -0.25) is 4.79 Å². The molecule has 0 atom stereocenters. The smallest absolute Gasteiger partial charge is 0.243 e. The molecule has 1 amide bonds. The van der Waals surface area contributed by atoms with E-state index in [9.17, 15) is 4.79 Å². The van der Waals surface area contributed by atoms with E-state index in [4.69, 9.17) is 0 Å². The number of aliphatic imine (C=N–C) groups is 1. The van der Waals surface area contributed by atoms with Crippen molar-refractivity contribution < 1.29 is 4.79 Å². The monoisotopic (exact) mass is 492 g/mol. The number of guanidine groups is 1. The second kappa shape index (κ2) is 11.8. The van der Waals surface area contributed by atoms with Gasteiger partial charge in [-0.25, -0.2) is 4.99 Å². The van der Waals surface area contributed by atoms with E-state index in [1.165, 1.54) is 37.0 Å². The Hall–Kier alpha value is -0.830. The third kappa shape index (κ3) is 6.72. The molecule has 5 nitrogen and oxygen atoms in total. The summed E-state index contributed by atoms with van der Waals surface area (Å²) in [5.41, 5.74) is 0.201. The third-order valence-electron chi connectivity index (χ3n) is 4.86. The predicted octanol–water partition coefficient (Wildman–Crippen LogP) is 3.60. The molecule has 2 N–H and O–H groups in total. The molecule has 0 aliphatic heterocycles. The number of likely N-dealkylation sites (N-methyl/N-ethyl adjacent to an activating group) is 1. The van der Waals surface area contributed by atoms with E-state index in [2.05, 4.69) is 40.1 Å². The molecule has 1 heterocycles. The summed E-state index contributed by atoms with van der Waals surface area (Å²) in [5.74, 6) is 0.766. The van der Waals surface area contributed by atoms with Gasteiger partial charge >= 0.3 is 0 Å². The van der Waals surface area contributed by atoms with Gasteiger partial charge in [0.05, 0.1) is 0 Å². The van der Waals surface area contributed by atoms with Crippen LogP contribution in [0.2, 0.25) is 0 Å². The van der Waals surface area contributed by atoms with Gasteiger partial charge in [-0.15, -0.1) is 35.3 Å². The summed E-state index contributed by atoms with van der Waals surface area (Å²) in [4.78, 5) is 19.4. The van der Waals surface area contributed by atoms with Crippen LogP contribution in [0.15, 0.2) is 22.5 Å². The highest BCUT2D eigenvalue weighted by Crippen LogP contribution is 2.41. The highest BCUT2D eigenvalue weighted by molar-refractivity contribution is 14.0. The number of rotatable bonds is 7. The molecule has 0 radical (unpaired) electrons. The largest absolute Gasteiger partial charge is 0.356 e. The second-order valence-electron chi connectivity index (χ2n) is 7.05. The fourth-order valence-electron chi connectivity index (χ4n) is 3.28. The zero-order chi connectivity index (χ0) is 18.1. The zero-order valence-electron chi connectivity index (χ0n) is 16.2. The van der Waals surface area contributed by atoms with Gasteiger partial charge in [0, 0.05) is 37.5 Å². The number of hydrogen-bond acceptors (Lipinski definition) is 3. The highest BCUT2D eigenvalue weighted by Gasteiger charge is 2.34. The first-order valence-corrected chi connectivity index (χ1v) is 10.2. The molecule has 2 rings (SSSR count). The lowest BCUT2D eigenvalue weighted by Crippen LogP contribution is -2.46. The molecule has 148 valence electrons. The van der Waals surface area contributed by atoms with Crippen LogP contribution in [-0.4, -0.2) is 50.5 Å². The van der Waals surface area contributed by atoms with Crippen molar-refractivity contribution in [3.63, 3.8) is 0 Å². The molecule has 7 heteroatoms. The maximum atomic E-state index is 11.8. The fourth-order valence-corrected chi connectivity index (χ4v) is 4.27. The van der Waals surface area contributed by atoms with Gasteiger partial charge in [0.2, 0.25) is 5.91 Å². The lowest BCUT2D eigenvalue weighted by Gasteiger charge is -2.37. The number of carbonyl (C=O) groups is 1. The standard InChI is InChI=1S/C19H32N4OS.HI/c1-4-12-20-18(21-14-17(24)23(2)3)22-15-19(10-6-5-7-11-19)16-9-8-13-25-16;/h8-9,13H,4-7,10-12,14-15H2,1-3H3,(H2,20,21,22);1H. The molecule has 1 saturated carbocycles. The molecule has 1 aromatic rings. The lowest BCUT2D eigenvalue weighted by atomic mass is 9.73. The van der Waals surface area contributed by atoms with Crippen molar-refractivity contribution in [1.82, 2.24) is 15.5 Å². The molecule has 1 aliphatic rings. The van der Waals surface area contributed by atoms with Gasteiger partial charge in [-0.05, 0) is 30.7 Å². The van der Waals surface area contributed by atoms with Crippen molar-refractivity contribution in [1.29, 1.82) is 0 Å². The lowest BCUT2D eigenvalue weighted by molar-refractivity contribution is -0.127. The van der Waals surface area contributed by atoms with Crippen LogP contribution in [0.25, 0.3) is 0 Å².